The first-order valence-electron chi connectivity index (χ1n) is 10.0. The van der Waals surface area contributed by atoms with Crippen LogP contribution in [-0.2, 0) is 23.0 Å². The zero-order valence-electron chi connectivity index (χ0n) is 18.5. The molecule has 0 aliphatic heterocycles. The summed E-state index contributed by atoms with van der Waals surface area (Å²) in [5.74, 6) is -1.23. The van der Waals surface area contributed by atoms with Crippen LogP contribution in [0, 0.1) is 11.3 Å². The number of hydrogen-bond donors (Lipinski definition) is 1. The number of alkyl halides is 3. The maximum absolute atomic E-state index is 12.5. The van der Waals surface area contributed by atoms with E-state index in [0.29, 0.717) is 16.8 Å². The fourth-order valence-corrected chi connectivity index (χ4v) is 3.49. The van der Waals surface area contributed by atoms with Crippen LogP contribution >= 0.6 is 0 Å². The Morgan fingerprint density at radius 3 is 2.31 bits per heavy atom. The Bertz CT molecular complexity index is 1350. The van der Waals surface area contributed by atoms with E-state index in [1.54, 1.807) is 31.2 Å². The molecule has 0 saturated heterocycles. The highest BCUT2D eigenvalue weighted by molar-refractivity contribution is 7.89. The minimum atomic E-state index is -4.83. The summed E-state index contributed by atoms with van der Waals surface area (Å²) in [4.78, 5) is 18.1. The molecule has 1 aromatic heterocycles. The molecular formula is C22H19F3N4O5S. The normalized spacial score (nSPS) is 11.5. The van der Waals surface area contributed by atoms with Crippen LogP contribution < -0.4 is 14.4 Å². The molecule has 2 aromatic carbocycles. The Kier molecular flexibility index (Phi) is 7.35. The summed E-state index contributed by atoms with van der Waals surface area (Å²) in [5.41, 5.74) is 1.21. The third-order valence-electron chi connectivity index (χ3n) is 4.54. The Morgan fingerprint density at radius 1 is 1.17 bits per heavy atom. The second-order valence-corrected chi connectivity index (χ2v) is 9.01. The van der Waals surface area contributed by atoms with Crippen LogP contribution in [0.15, 0.2) is 52.9 Å². The summed E-state index contributed by atoms with van der Waals surface area (Å²) in [6.45, 7) is 1.74. The first-order valence-corrected chi connectivity index (χ1v) is 11.9. The summed E-state index contributed by atoms with van der Waals surface area (Å²) in [6, 6.07) is 13.4. The third-order valence-corrected chi connectivity index (χ3v) is 5.09. The molecule has 9 nitrogen and oxygen atoms in total. The van der Waals surface area contributed by atoms with Gasteiger partial charge in [-0.2, -0.15) is 10.2 Å². The number of nitrogens with zero attached hydrogens (tertiary/aromatic N) is 3. The molecule has 0 fully saturated rings. The number of carbonyl (C=O) groups is 1. The van der Waals surface area contributed by atoms with E-state index >= 15 is 0 Å². The molecule has 0 atom stereocenters. The summed E-state index contributed by atoms with van der Waals surface area (Å²) < 4.78 is 71.8. The fourth-order valence-electron chi connectivity index (χ4n) is 3.05. The first-order chi connectivity index (χ1) is 16.4. The molecule has 0 saturated carbocycles. The minimum Gasteiger partial charge on any atom is -0.428 e. The Balaban J connectivity index is 1.99. The lowest BCUT2D eigenvalue weighted by atomic mass is 10.1. The predicted octanol–water partition coefficient (Wildman–Crippen LogP) is 4.03. The monoisotopic (exact) mass is 508 g/mol. The maximum Gasteiger partial charge on any atom is 0.573 e. The van der Waals surface area contributed by atoms with Crippen molar-refractivity contribution < 1.29 is 35.5 Å². The van der Waals surface area contributed by atoms with E-state index in [1.165, 1.54) is 17.0 Å². The lowest BCUT2D eigenvalue weighted by molar-refractivity contribution is -0.274. The molecule has 13 heteroatoms. The van der Waals surface area contributed by atoms with Gasteiger partial charge in [0.15, 0.2) is 5.69 Å². The number of oxazole rings is 1. The van der Waals surface area contributed by atoms with Gasteiger partial charge in [0, 0.05) is 12.1 Å². The first kappa shape index (κ1) is 25.6. The Labute approximate surface area is 198 Å². The van der Waals surface area contributed by atoms with Gasteiger partial charge in [-0.05, 0) is 42.0 Å². The molecule has 0 unspecified atom stereocenters. The van der Waals surface area contributed by atoms with Crippen LogP contribution in [0.4, 0.5) is 24.9 Å². The summed E-state index contributed by atoms with van der Waals surface area (Å²) in [5, 5.41) is 9.07. The van der Waals surface area contributed by atoms with Crippen molar-refractivity contribution in [1.29, 1.82) is 5.26 Å². The Morgan fingerprint density at radius 2 is 1.80 bits per heavy atom. The summed E-state index contributed by atoms with van der Waals surface area (Å²) in [7, 11) is -3.85. The van der Waals surface area contributed by atoms with Crippen molar-refractivity contribution in [2.75, 3.05) is 11.2 Å². The number of aromatic nitrogens is 1. The van der Waals surface area contributed by atoms with E-state index in [1.807, 2.05) is 10.8 Å². The van der Waals surface area contributed by atoms with E-state index in [4.69, 9.17) is 9.68 Å². The van der Waals surface area contributed by atoms with E-state index < -0.39 is 28.0 Å². The average molecular weight is 508 g/mol. The SMILES string of the molecule is CCc1oc(N(Cc2ccc(OC(F)(F)F)cc2)c2ccc(C#N)cc2)nc1C(=O)NS(C)(=O)=O. The molecule has 0 aliphatic carbocycles. The molecule has 0 bridgehead atoms. The van der Waals surface area contributed by atoms with E-state index in [9.17, 15) is 26.4 Å². The van der Waals surface area contributed by atoms with Crippen molar-refractivity contribution in [3.8, 4) is 11.8 Å². The van der Waals surface area contributed by atoms with Crippen LogP contribution in [0.25, 0.3) is 0 Å². The molecule has 0 spiro atoms. The number of benzene rings is 2. The lowest BCUT2D eigenvalue weighted by Gasteiger charge is -2.21. The quantitative estimate of drug-likeness (QED) is 0.483. The number of sulfonamides is 1. The largest absolute Gasteiger partial charge is 0.573 e. The van der Waals surface area contributed by atoms with Crippen molar-refractivity contribution in [2.45, 2.75) is 26.3 Å². The number of nitrogens with one attached hydrogen (secondary N) is 1. The van der Waals surface area contributed by atoms with Gasteiger partial charge in [0.05, 0.1) is 24.4 Å². The van der Waals surface area contributed by atoms with Gasteiger partial charge >= 0.3 is 12.4 Å². The van der Waals surface area contributed by atoms with Gasteiger partial charge in [-0.1, -0.05) is 19.1 Å². The van der Waals surface area contributed by atoms with E-state index in [2.05, 4.69) is 9.72 Å². The highest BCUT2D eigenvalue weighted by atomic mass is 32.2. The molecule has 0 radical (unpaired) electrons. The van der Waals surface area contributed by atoms with Crippen LogP contribution in [0.5, 0.6) is 5.75 Å². The van der Waals surface area contributed by atoms with Crippen molar-refractivity contribution in [2.24, 2.45) is 0 Å². The number of rotatable bonds is 8. The molecule has 184 valence electrons. The van der Waals surface area contributed by atoms with Crippen molar-refractivity contribution in [3.05, 3.63) is 71.1 Å². The minimum absolute atomic E-state index is 0.0506. The number of aryl methyl sites for hydroxylation is 1. The van der Waals surface area contributed by atoms with Crippen molar-refractivity contribution >= 4 is 27.6 Å². The average Bonchev–Trinajstić information content (AvgIpc) is 3.21. The number of anilines is 2. The van der Waals surface area contributed by atoms with E-state index in [0.717, 1.165) is 18.4 Å². The number of ether oxygens (including phenoxy) is 1. The summed E-state index contributed by atoms with van der Waals surface area (Å²) >= 11 is 0. The molecule has 3 aromatic rings. The highest BCUT2D eigenvalue weighted by Gasteiger charge is 2.31. The summed E-state index contributed by atoms with van der Waals surface area (Å²) in [6.07, 6.45) is -3.77. The van der Waals surface area contributed by atoms with E-state index in [-0.39, 0.29) is 30.4 Å². The number of carbonyl (C=O) groups excluding carboxylic acids is 1. The van der Waals surface area contributed by atoms with Gasteiger partial charge in [0.1, 0.15) is 11.5 Å². The second kappa shape index (κ2) is 10.1. The molecule has 1 amide bonds. The Hall–Kier alpha value is -4.05. The predicted molar refractivity (Wildman–Crippen MR) is 118 cm³/mol. The third kappa shape index (κ3) is 6.97. The number of nitriles is 1. The molecule has 35 heavy (non-hydrogen) atoms. The highest BCUT2D eigenvalue weighted by Crippen LogP contribution is 2.30. The van der Waals surface area contributed by atoms with Gasteiger partial charge in [0.25, 0.3) is 5.91 Å². The van der Waals surface area contributed by atoms with Gasteiger partial charge in [-0.25, -0.2) is 13.1 Å². The number of amides is 1. The van der Waals surface area contributed by atoms with Gasteiger partial charge in [0.2, 0.25) is 10.0 Å². The zero-order valence-corrected chi connectivity index (χ0v) is 19.3. The van der Waals surface area contributed by atoms with Crippen LogP contribution in [-0.4, -0.2) is 31.9 Å². The van der Waals surface area contributed by atoms with Gasteiger partial charge in [-0.15, -0.1) is 13.2 Å². The molecule has 1 heterocycles. The standard InChI is InChI=1S/C22H19F3N4O5S/c1-3-18-19(20(30)28-35(2,31)32)27-21(33-18)29(16-8-4-14(12-26)5-9-16)13-15-6-10-17(11-7-15)34-22(23,24)25/h4-11H,3,13H2,1-2H3,(H,28,30). The lowest BCUT2D eigenvalue weighted by Crippen LogP contribution is -2.30. The number of halogens is 3. The maximum atomic E-state index is 12.5. The fraction of sp³-hybridized carbons (Fsp3) is 0.227. The molecule has 3 rings (SSSR count). The smallest absolute Gasteiger partial charge is 0.428 e. The molecular weight excluding hydrogens is 489 g/mol. The van der Waals surface area contributed by atoms with Crippen molar-refractivity contribution in [3.63, 3.8) is 0 Å². The van der Waals surface area contributed by atoms with Crippen LogP contribution in [0.3, 0.4) is 0 Å². The zero-order chi connectivity index (χ0) is 25.8. The van der Waals surface area contributed by atoms with Crippen molar-refractivity contribution in [1.82, 2.24) is 9.71 Å². The second-order valence-electron chi connectivity index (χ2n) is 7.26. The molecule has 0 aliphatic rings. The van der Waals surface area contributed by atoms with Crippen LogP contribution in [0.1, 0.15) is 34.3 Å². The van der Waals surface area contributed by atoms with Gasteiger partial charge < -0.3 is 9.15 Å². The van der Waals surface area contributed by atoms with Gasteiger partial charge in [-0.3, -0.25) is 9.69 Å². The van der Waals surface area contributed by atoms with Crippen LogP contribution in [0.2, 0.25) is 0 Å². The topological polar surface area (TPSA) is 126 Å². The number of hydrogen-bond acceptors (Lipinski definition) is 8. The molecule has 1 N–H and O–H groups in total.